The fourth-order valence-electron chi connectivity index (χ4n) is 2.80. The van der Waals surface area contributed by atoms with Crippen molar-refractivity contribution in [3.63, 3.8) is 0 Å². The van der Waals surface area contributed by atoms with Crippen molar-refractivity contribution in [1.29, 1.82) is 0 Å². The first-order valence-electron chi connectivity index (χ1n) is 9.76. The second kappa shape index (κ2) is 11.3. The van der Waals surface area contributed by atoms with Gasteiger partial charge in [-0.3, -0.25) is 14.4 Å². The monoisotopic (exact) mass is 468 g/mol. The molecule has 3 rings (SSSR count). The normalized spacial score (nSPS) is 11.0. The highest BCUT2D eigenvalue weighted by atomic mass is 35.5. The summed E-state index contributed by atoms with van der Waals surface area (Å²) in [6.45, 7) is 0.0827. The lowest BCUT2D eigenvalue weighted by atomic mass is 10.2. The third-order valence-electron chi connectivity index (χ3n) is 4.42. The summed E-state index contributed by atoms with van der Waals surface area (Å²) < 4.78 is 4.58. The Morgan fingerprint density at radius 2 is 1.72 bits per heavy atom. The summed E-state index contributed by atoms with van der Waals surface area (Å²) in [5, 5.41) is 5.93. The molecule has 0 aliphatic heterocycles. The van der Waals surface area contributed by atoms with Crippen LogP contribution in [0.3, 0.4) is 0 Å². The summed E-state index contributed by atoms with van der Waals surface area (Å²) in [6, 6.07) is 19.8. The van der Waals surface area contributed by atoms with E-state index in [-0.39, 0.29) is 18.7 Å². The summed E-state index contributed by atoms with van der Waals surface area (Å²) >= 11 is 7.72. The molecule has 2 amide bonds. The first-order chi connectivity index (χ1) is 15.5. The number of ether oxygens (including phenoxy) is 1. The second-order valence-electron chi connectivity index (χ2n) is 6.64. The van der Waals surface area contributed by atoms with Gasteiger partial charge in [-0.15, -0.1) is 11.3 Å². The molecule has 2 N–H and O–H groups in total. The molecular formula is C24H21ClN2O4S. The molecule has 0 spiro atoms. The lowest BCUT2D eigenvalue weighted by Gasteiger charge is -2.10. The molecule has 6 nitrogen and oxygen atoms in total. The Morgan fingerprint density at radius 3 is 2.44 bits per heavy atom. The van der Waals surface area contributed by atoms with E-state index in [1.807, 2.05) is 36.4 Å². The SMILES string of the molecule is COC(=O)CCNC(=O)/C(=C/c1ccc(-c2ccccc2Cl)s1)NC(=O)c1ccccc1. The van der Waals surface area contributed by atoms with Gasteiger partial charge in [0, 0.05) is 32.4 Å². The van der Waals surface area contributed by atoms with Crippen LogP contribution in [0.25, 0.3) is 16.5 Å². The van der Waals surface area contributed by atoms with Crippen LogP contribution in [-0.4, -0.2) is 31.4 Å². The minimum absolute atomic E-state index is 0.0256. The van der Waals surface area contributed by atoms with E-state index in [1.165, 1.54) is 18.4 Å². The third kappa shape index (κ3) is 6.29. The maximum absolute atomic E-state index is 12.8. The predicted octanol–water partition coefficient (Wildman–Crippen LogP) is 4.52. The van der Waals surface area contributed by atoms with E-state index in [0.29, 0.717) is 10.6 Å². The van der Waals surface area contributed by atoms with Crippen LogP contribution < -0.4 is 10.6 Å². The zero-order valence-electron chi connectivity index (χ0n) is 17.3. The molecule has 0 aliphatic rings. The Kier molecular flexibility index (Phi) is 8.19. The fraction of sp³-hybridized carbons (Fsp3) is 0.125. The van der Waals surface area contributed by atoms with Crippen LogP contribution in [0.5, 0.6) is 0 Å². The molecule has 0 saturated heterocycles. The van der Waals surface area contributed by atoms with E-state index in [9.17, 15) is 14.4 Å². The number of carbonyl (C=O) groups excluding carboxylic acids is 3. The molecule has 0 saturated carbocycles. The van der Waals surface area contributed by atoms with Crippen molar-refractivity contribution < 1.29 is 19.1 Å². The topological polar surface area (TPSA) is 84.5 Å². The summed E-state index contributed by atoms with van der Waals surface area (Å²) in [7, 11) is 1.28. The van der Waals surface area contributed by atoms with Crippen molar-refractivity contribution in [2.75, 3.05) is 13.7 Å². The average molecular weight is 469 g/mol. The largest absolute Gasteiger partial charge is 0.469 e. The standard InChI is InChI=1S/C24H21ClN2O4S/c1-31-22(28)13-14-26-24(30)20(27-23(29)16-7-3-2-4-8-16)15-17-11-12-21(32-17)18-9-5-6-10-19(18)25/h2-12,15H,13-14H2,1H3,(H,26,30)(H,27,29)/b20-15-. The highest BCUT2D eigenvalue weighted by Crippen LogP contribution is 2.33. The molecule has 0 bridgehead atoms. The summed E-state index contributed by atoms with van der Waals surface area (Å²) in [6.07, 6.45) is 1.62. The molecule has 32 heavy (non-hydrogen) atoms. The smallest absolute Gasteiger partial charge is 0.307 e. The van der Waals surface area contributed by atoms with Gasteiger partial charge in [-0.2, -0.15) is 0 Å². The van der Waals surface area contributed by atoms with E-state index in [1.54, 1.807) is 36.4 Å². The number of halogens is 1. The Hall–Kier alpha value is -3.42. The highest BCUT2D eigenvalue weighted by molar-refractivity contribution is 7.16. The Bertz CT molecular complexity index is 1140. The lowest BCUT2D eigenvalue weighted by Crippen LogP contribution is -2.35. The van der Waals surface area contributed by atoms with Crippen molar-refractivity contribution in [3.8, 4) is 10.4 Å². The molecule has 2 aromatic carbocycles. The Balaban J connectivity index is 1.83. The van der Waals surface area contributed by atoms with Crippen LogP contribution in [0.2, 0.25) is 5.02 Å². The number of hydrogen-bond acceptors (Lipinski definition) is 5. The number of hydrogen-bond donors (Lipinski definition) is 2. The first-order valence-corrected chi connectivity index (χ1v) is 10.9. The van der Waals surface area contributed by atoms with Crippen LogP contribution in [0.1, 0.15) is 21.7 Å². The van der Waals surface area contributed by atoms with Gasteiger partial charge in [0.25, 0.3) is 11.8 Å². The number of nitrogens with one attached hydrogen (secondary N) is 2. The zero-order chi connectivity index (χ0) is 22.9. The molecule has 1 heterocycles. The van der Waals surface area contributed by atoms with E-state index in [0.717, 1.165) is 15.3 Å². The number of carbonyl (C=O) groups is 3. The van der Waals surface area contributed by atoms with Crippen molar-refractivity contribution in [1.82, 2.24) is 10.6 Å². The van der Waals surface area contributed by atoms with Gasteiger partial charge in [-0.25, -0.2) is 0 Å². The van der Waals surface area contributed by atoms with Gasteiger partial charge in [0.2, 0.25) is 0 Å². The van der Waals surface area contributed by atoms with Gasteiger partial charge >= 0.3 is 5.97 Å². The minimum atomic E-state index is -0.508. The van der Waals surface area contributed by atoms with Crippen molar-refractivity contribution >= 4 is 46.8 Å². The number of thiophene rings is 1. The summed E-state index contributed by atoms with van der Waals surface area (Å²) in [5.41, 5.74) is 1.37. The van der Waals surface area contributed by atoms with Crippen LogP contribution in [-0.2, 0) is 14.3 Å². The molecule has 1 aromatic heterocycles. The average Bonchev–Trinajstić information content (AvgIpc) is 3.27. The Labute approximate surface area is 194 Å². The van der Waals surface area contributed by atoms with Gasteiger partial charge in [0.1, 0.15) is 5.70 Å². The van der Waals surface area contributed by atoms with Crippen molar-refractivity contribution in [3.05, 3.63) is 87.9 Å². The Morgan fingerprint density at radius 1 is 1.00 bits per heavy atom. The van der Waals surface area contributed by atoms with Crippen LogP contribution >= 0.6 is 22.9 Å². The second-order valence-corrected chi connectivity index (χ2v) is 8.16. The van der Waals surface area contributed by atoms with E-state index in [4.69, 9.17) is 11.6 Å². The van der Waals surface area contributed by atoms with Gasteiger partial charge < -0.3 is 15.4 Å². The zero-order valence-corrected chi connectivity index (χ0v) is 18.8. The first kappa shape index (κ1) is 23.2. The quantitative estimate of drug-likeness (QED) is 0.376. The number of methoxy groups -OCH3 is 1. The molecule has 0 atom stereocenters. The molecule has 3 aromatic rings. The number of benzene rings is 2. The van der Waals surface area contributed by atoms with Gasteiger partial charge in [0.05, 0.1) is 13.5 Å². The molecular weight excluding hydrogens is 448 g/mol. The van der Waals surface area contributed by atoms with Crippen LogP contribution in [0, 0.1) is 0 Å². The fourth-order valence-corrected chi connectivity index (χ4v) is 4.08. The maximum Gasteiger partial charge on any atom is 0.307 e. The molecule has 0 fully saturated rings. The number of esters is 1. The summed E-state index contributed by atoms with van der Waals surface area (Å²) in [4.78, 5) is 38.4. The van der Waals surface area contributed by atoms with E-state index < -0.39 is 17.8 Å². The van der Waals surface area contributed by atoms with Gasteiger partial charge in [-0.05, 0) is 36.4 Å². The molecule has 0 radical (unpaired) electrons. The molecule has 0 unspecified atom stereocenters. The molecule has 164 valence electrons. The van der Waals surface area contributed by atoms with Gasteiger partial charge in [-0.1, -0.05) is 48.0 Å². The molecule has 8 heteroatoms. The van der Waals surface area contributed by atoms with Crippen molar-refractivity contribution in [2.45, 2.75) is 6.42 Å². The molecule has 0 aliphatic carbocycles. The van der Waals surface area contributed by atoms with Gasteiger partial charge in [0.15, 0.2) is 0 Å². The highest BCUT2D eigenvalue weighted by Gasteiger charge is 2.16. The van der Waals surface area contributed by atoms with E-state index in [2.05, 4.69) is 15.4 Å². The predicted molar refractivity (Wildman–Crippen MR) is 126 cm³/mol. The summed E-state index contributed by atoms with van der Waals surface area (Å²) in [5.74, 6) is -1.36. The van der Waals surface area contributed by atoms with E-state index >= 15 is 0 Å². The minimum Gasteiger partial charge on any atom is -0.469 e. The van der Waals surface area contributed by atoms with Crippen LogP contribution in [0.15, 0.2) is 72.4 Å². The lowest BCUT2D eigenvalue weighted by molar-refractivity contribution is -0.140. The number of rotatable bonds is 8. The van der Waals surface area contributed by atoms with Crippen molar-refractivity contribution in [2.24, 2.45) is 0 Å². The van der Waals surface area contributed by atoms with Crippen LogP contribution in [0.4, 0.5) is 0 Å². The maximum atomic E-state index is 12.8. The third-order valence-corrected chi connectivity index (χ3v) is 5.82. The number of amides is 2.